The number of nitrogens with two attached hydrogens (primary N) is 1. The fourth-order valence-corrected chi connectivity index (χ4v) is 7.29. The summed E-state index contributed by atoms with van der Waals surface area (Å²) in [6.45, 7) is 9.44. The maximum absolute atomic E-state index is 14.1. The van der Waals surface area contributed by atoms with Crippen molar-refractivity contribution in [1.82, 2.24) is 37.3 Å². The molecular formula is C49H72N8O13. The first-order chi connectivity index (χ1) is 33.3. The third-order valence-corrected chi connectivity index (χ3v) is 11.4. The number of alkyl carbamates (subject to hydrolysis) is 1. The molecule has 1 saturated carbocycles. The molecule has 0 aromatic heterocycles. The highest BCUT2D eigenvalue weighted by Crippen LogP contribution is 2.21. The van der Waals surface area contributed by atoms with Gasteiger partial charge in [0.1, 0.15) is 61.3 Å². The largest absolute Gasteiger partial charge is 0.497 e. The summed E-state index contributed by atoms with van der Waals surface area (Å²) in [4.78, 5) is 120. The second kappa shape index (κ2) is 30.0. The fourth-order valence-electron chi connectivity index (χ4n) is 7.29. The van der Waals surface area contributed by atoms with E-state index in [2.05, 4.69) is 31.9 Å². The van der Waals surface area contributed by atoms with Crippen LogP contribution in [0.25, 0.3) is 0 Å². The molecular weight excluding hydrogens is 909 g/mol. The lowest BCUT2D eigenvalue weighted by Gasteiger charge is -2.29. The zero-order valence-electron chi connectivity index (χ0n) is 41.3. The first-order valence-electron chi connectivity index (χ1n) is 23.8. The molecule has 0 spiro atoms. The van der Waals surface area contributed by atoms with Crippen molar-refractivity contribution in [3.8, 4) is 5.75 Å². The number of carbonyl (C=O) groups is 9. The van der Waals surface area contributed by atoms with Crippen molar-refractivity contribution in [3.63, 3.8) is 0 Å². The number of esters is 2. The van der Waals surface area contributed by atoms with Gasteiger partial charge in [-0.25, -0.2) is 10.6 Å². The number of carbonyl (C=O) groups excluding carboxylic acids is 9. The van der Waals surface area contributed by atoms with Gasteiger partial charge in [-0.2, -0.15) is 0 Å². The van der Waals surface area contributed by atoms with Gasteiger partial charge in [0.15, 0.2) is 0 Å². The third-order valence-electron chi connectivity index (χ3n) is 11.4. The SMILES string of the molecule is COc1ccc(COC(=O)N[C@@H](C)C(=O)N[C@@H](CCC(=O)OCc2ccccc2)C(=O)N[C@@H](CC(C)C)C(=O)N[C@H](C(=O)N[C@@H](CC(=O)OC2CCCCCC2)C(=O)N[C@@H](C)C(=O)NN)C(C)C)cc1. The molecule has 2 aromatic carbocycles. The molecule has 0 aliphatic heterocycles. The lowest BCUT2D eigenvalue weighted by atomic mass is 9.99. The number of hydrogen-bond acceptors (Lipinski definition) is 14. The molecule has 0 saturated heterocycles. The Morgan fingerprint density at radius 2 is 1.14 bits per heavy atom. The molecule has 6 atom stereocenters. The lowest BCUT2D eigenvalue weighted by molar-refractivity contribution is -0.152. The lowest BCUT2D eigenvalue weighted by Crippen LogP contribution is -2.60. The van der Waals surface area contributed by atoms with Gasteiger partial charge in [0, 0.05) is 6.42 Å². The summed E-state index contributed by atoms with van der Waals surface area (Å²) >= 11 is 0. The Hall–Kier alpha value is -6.77. The Balaban J connectivity index is 1.79. The molecule has 1 aliphatic carbocycles. The quantitative estimate of drug-likeness (QED) is 0.0168. The van der Waals surface area contributed by atoms with Crippen LogP contribution in [-0.2, 0) is 65.8 Å². The maximum Gasteiger partial charge on any atom is 0.408 e. The van der Waals surface area contributed by atoms with E-state index in [4.69, 9.17) is 24.8 Å². The number of amides is 7. The summed E-state index contributed by atoms with van der Waals surface area (Å²) in [6, 6.07) is 7.77. The molecule has 0 heterocycles. The number of hydrazine groups is 1. The number of nitrogens with one attached hydrogen (secondary N) is 7. The van der Waals surface area contributed by atoms with Gasteiger partial charge in [0.2, 0.25) is 29.5 Å². The van der Waals surface area contributed by atoms with Gasteiger partial charge in [-0.15, -0.1) is 0 Å². The summed E-state index contributed by atoms with van der Waals surface area (Å²) < 4.78 is 21.5. The molecule has 3 rings (SSSR count). The van der Waals surface area contributed by atoms with E-state index >= 15 is 0 Å². The van der Waals surface area contributed by atoms with Crippen molar-refractivity contribution < 1.29 is 62.1 Å². The molecule has 9 N–H and O–H groups in total. The van der Waals surface area contributed by atoms with E-state index in [1.165, 1.54) is 21.0 Å². The molecule has 0 unspecified atom stereocenters. The Kier molecular flexibility index (Phi) is 24.6. The van der Waals surface area contributed by atoms with E-state index in [9.17, 15) is 43.2 Å². The summed E-state index contributed by atoms with van der Waals surface area (Å²) in [7, 11) is 1.52. The van der Waals surface area contributed by atoms with E-state index in [1.807, 2.05) is 11.5 Å². The van der Waals surface area contributed by atoms with Crippen molar-refractivity contribution in [3.05, 3.63) is 65.7 Å². The molecule has 1 aliphatic rings. The molecule has 2 aromatic rings. The number of ether oxygens (including phenoxy) is 4. The molecule has 21 nitrogen and oxygen atoms in total. The Labute approximate surface area is 409 Å². The molecule has 0 radical (unpaired) electrons. The minimum atomic E-state index is -1.53. The fraction of sp³-hybridized carbons (Fsp3) is 0.571. The summed E-state index contributed by atoms with van der Waals surface area (Å²) in [5.74, 6) is -1.28. The van der Waals surface area contributed by atoms with Crippen molar-refractivity contribution in [2.24, 2.45) is 17.7 Å². The van der Waals surface area contributed by atoms with Gasteiger partial charge < -0.3 is 50.8 Å². The average molecular weight is 981 g/mol. The second-order valence-corrected chi connectivity index (χ2v) is 18.1. The maximum atomic E-state index is 14.1. The molecule has 386 valence electrons. The number of methoxy groups -OCH3 is 1. The van der Waals surface area contributed by atoms with Crippen molar-refractivity contribution >= 4 is 53.5 Å². The number of hydrogen-bond donors (Lipinski definition) is 8. The van der Waals surface area contributed by atoms with Gasteiger partial charge in [-0.3, -0.25) is 43.8 Å². The normalized spacial score (nSPS) is 15.2. The van der Waals surface area contributed by atoms with Crippen molar-refractivity contribution in [1.29, 1.82) is 0 Å². The highest BCUT2D eigenvalue weighted by atomic mass is 16.6. The third kappa shape index (κ3) is 20.8. The summed E-state index contributed by atoms with van der Waals surface area (Å²) in [6.07, 6.45) is 2.68. The smallest absolute Gasteiger partial charge is 0.408 e. The molecule has 21 heteroatoms. The van der Waals surface area contributed by atoms with Gasteiger partial charge in [0.05, 0.1) is 13.5 Å². The van der Waals surface area contributed by atoms with Crippen LogP contribution in [-0.4, -0.2) is 103 Å². The first-order valence-corrected chi connectivity index (χ1v) is 23.8. The topological polar surface area (TPSA) is 301 Å². The minimum absolute atomic E-state index is 0.0375. The van der Waals surface area contributed by atoms with Gasteiger partial charge >= 0.3 is 18.0 Å². The van der Waals surface area contributed by atoms with Gasteiger partial charge in [-0.05, 0) is 87.5 Å². The van der Waals surface area contributed by atoms with E-state index in [1.54, 1.807) is 76.2 Å². The molecule has 7 amide bonds. The Bertz CT molecular complexity index is 2050. The van der Waals surface area contributed by atoms with Crippen molar-refractivity contribution in [2.75, 3.05) is 7.11 Å². The molecule has 0 bridgehead atoms. The van der Waals surface area contributed by atoms with Gasteiger partial charge in [-0.1, -0.05) is 83.0 Å². The van der Waals surface area contributed by atoms with E-state index in [0.717, 1.165) is 31.2 Å². The predicted octanol–water partition coefficient (Wildman–Crippen LogP) is 2.63. The van der Waals surface area contributed by atoms with Crippen LogP contribution in [0.15, 0.2) is 54.6 Å². The summed E-state index contributed by atoms with van der Waals surface area (Å²) in [5, 5.41) is 15.3. The highest BCUT2D eigenvalue weighted by molar-refractivity contribution is 5.98. The standard InChI is InChI=1S/C49H72N8O13/c1-29(2)25-38(47(64)56-42(30(3)4)48(65)55-39(46(63)51-32(6)44(61)57-50)26-41(59)70-36-17-13-8-9-14-18-36)54-45(62)37(23-24-40(58)68-27-33-15-11-10-12-16-33)53-43(60)31(5)52-49(66)69-28-34-19-21-35(67-7)22-20-34/h10-12,15-16,19-22,29-32,36-39,42H,8-9,13-14,17-18,23-28,50H2,1-7H3,(H,51,63)(H,52,66)(H,53,60)(H,54,62)(H,55,65)(H,56,64)(H,57,61)/t31-,32-,37-,38-,39-,42-/m0/s1. The molecule has 70 heavy (non-hydrogen) atoms. The number of benzene rings is 2. The average Bonchev–Trinajstić information content (AvgIpc) is 3.60. The van der Waals surface area contributed by atoms with Gasteiger partial charge in [0.25, 0.3) is 5.91 Å². The van der Waals surface area contributed by atoms with Crippen LogP contribution in [0.5, 0.6) is 5.75 Å². The van der Waals surface area contributed by atoms with Crippen LogP contribution < -0.4 is 47.9 Å². The predicted molar refractivity (Wildman–Crippen MR) is 255 cm³/mol. The zero-order chi connectivity index (χ0) is 51.8. The van der Waals surface area contributed by atoms with Crippen LogP contribution in [0.2, 0.25) is 0 Å². The Morgan fingerprint density at radius 3 is 1.74 bits per heavy atom. The van der Waals surface area contributed by atoms with E-state index in [-0.39, 0.29) is 44.5 Å². The first kappa shape index (κ1) is 57.5. The Morgan fingerprint density at radius 1 is 0.586 bits per heavy atom. The minimum Gasteiger partial charge on any atom is -0.497 e. The van der Waals surface area contributed by atoms with Crippen LogP contribution >= 0.6 is 0 Å². The monoisotopic (exact) mass is 981 g/mol. The summed E-state index contributed by atoms with van der Waals surface area (Å²) in [5.41, 5.74) is 3.31. The molecule has 1 fully saturated rings. The highest BCUT2D eigenvalue weighted by Gasteiger charge is 2.35. The second-order valence-electron chi connectivity index (χ2n) is 18.1. The van der Waals surface area contributed by atoms with Crippen LogP contribution in [0.3, 0.4) is 0 Å². The van der Waals surface area contributed by atoms with E-state index in [0.29, 0.717) is 24.2 Å². The van der Waals surface area contributed by atoms with Crippen LogP contribution in [0.1, 0.15) is 117 Å². The zero-order valence-corrected chi connectivity index (χ0v) is 41.3. The van der Waals surface area contributed by atoms with Crippen LogP contribution in [0, 0.1) is 11.8 Å². The number of rotatable bonds is 26. The van der Waals surface area contributed by atoms with E-state index < -0.39 is 102 Å². The van der Waals surface area contributed by atoms with Crippen LogP contribution in [0.4, 0.5) is 4.79 Å². The van der Waals surface area contributed by atoms with Crippen molar-refractivity contribution in [2.45, 2.75) is 161 Å².